The van der Waals surface area contributed by atoms with Gasteiger partial charge in [0.1, 0.15) is 11.6 Å². The van der Waals surface area contributed by atoms with E-state index < -0.39 is 5.97 Å². The van der Waals surface area contributed by atoms with Crippen LogP contribution in [0, 0.1) is 18.3 Å². The number of esters is 1. The molecule has 21 heavy (non-hydrogen) atoms. The molecule has 0 spiro atoms. The first kappa shape index (κ1) is 14.5. The monoisotopic (exact) mass is 282 g/mol. The van der Waals surface area contributed by atoms with Crippen LogP contribution < -0.4 is 5.56 Å². The highest BCUT2D eigenvalue weighted by molar-refractivity contribution is 5.89. The molecule has 0 bridgehead atoms. The fourth-order valence-corrected chi connectivity index (χ4v) is 2.05. The van der Waals surface area contributed by atoms with Crippen LogP contribution in [0.5, 0.6) is 0 Å². The minimum atomic E-state index is -0.424. The molecule has 5 nitrogen and oxygen atoms in total. The maximum atomic E-state index is 12.1. The van der Waals surface area contributed by atoms with Crippen molar-refractivity contribution in [2.45, 2.75) is 13.5 Å². The molecule has 0 aliphatic carbocycles. The summed E-state index contributed by atoms with van der Waals surface area (Å²) in [5.41, 5.74) is 1.74. The smallest absolute Gasteiger partial charge is 0.337 e. The number of rotatable bonds is 3. The van der Waals surface area contributed by atoms with Crippen molar-refractivity contribution in [2.75, 3.05) is 7.11 Å². The lowest BCUT2D eigenvalue weighted by atomic mass is 10.1. The van der Waals surface area contributed by atoms with E-state index >= 15 is 0 Å². The van der Waals surface area contributed by atoms with Crippen LogP contribution in [0.25, 0.3) is 0 Å². The molecule has 106 valence electrons. The van der Waals surface area contributed by atoms with Gasteiger partial charge in [-0.25, -0.2) is 4.79 Å². The maximum absolute atomic E-state index is 12.1. The SMILES string of the molecule is COC(=O)c1cccc(Cn2c(C)ccc(C#N)c2=O)c1. The van der Waals surface area contributed by atoms with Crippen LogP contribution in [0.2, 0.25) is 0 Å². The second kappa shape index (κ2) is 6.06. The third kappa shape index (κ3) is 3.00. The zero-order valence-electron chi connectivity index (χ0n) is 11.8. The molecule has 0 aliphatic rings. The molecule has 0 amide bonds. The maximum Gasteiger partial charge on any atom is 0.337 e. The van der Waals surface area contributed by atoms with Gasteiger partial charge in [-0.1, -0.05) is 12.1 Å². The molecule has 0 fully saturated rings. The van der Waals surface area contributed by atoms with Gasteiger partial charge in [-0.15, -0.1) is 0 Å². The Hall–Kier alpha value is -2.87. The van der Waals surface area contributed by atoms with Crippen LogP contribution in [0.3, 0.4) is 0 Å². The average Bonchev–Trinajstić information content (AvgIpc) is 2.51. The molecule has 1 heterocycles. The van der Waals surface area contributed by atoms with Crippen molar-refractivity contribution in [3.8, 4) is 6.07 Å². The average molecular weight is 282 g/mol. The first-order valence-electron chi connectivity index (χ1n) is 6.34. The number of hydrogen-bond donors (Lipinski definition) is 0. The third-order valence-electron chi connectivity index (χ3n) is 3.20. The minimum Gasteiger partial charge on any atom is -0.465 e. The number of carbonyl (C=O) groups is 1. The van der Waals surface area contributed by atoms with E-state index in [-0.39, 0.29) is 11.1 Å². The molecule has 0 radical (unpaired) electrons. The number of nitrogens with zero attached hydrogens (tertiary/aromatic N) is 2. The van der Waals surface area contributed by atoms with Gasteiger partial charge >= 0.3 is 5.97 Å². The first-order chi connectivity index (χ1) is 10.1. The van der Waals surface area contributed by atoms with Crippen molar-refractivity contribution >= 4 is 5.97 Å². The second-order valence-corrected chi connectivity index (χ2v) is 4.58. The normalized spacial score (nSPS) is 9.95. The highest BCUT2D eigenvalue weighted by Crippen LogP contribution is 2.09. The van der Waals surface area contributed by atoms with Gasteiger partial charge in [0.2, 0.25) is 0 Å². The molecule has 2 rings (SSSR count). The number of aryl methyl sites for hydroxylation is 1. The van der Waals surface area contributed by atoms with Crippen LogP contribution in [-0.4, -0.2) is 17.6 Å². The number of benzene rings is 1. The van der Waals surface area contributed by atoms with E-state index in [1.54, 1.807) is 31.2 Å². The number of carbonyl (C=O) groups excluding carboxylic acids is 1. The van der Waals surface area contributed by atoms with E-state index in [1.165, 1.54) is 17.7 Å². The Kier molecular flexibility index (Phi) is 4.19. The number of nitriles is 1. The standard InChI is InChI=1S/C16H14N2O3/c1-11-6-7-14(9-17)15(19)18(11)10-12-4-3-5-13(8-12)16(20)21-2/h3-8H,10H2,1-2H3. The van der Waals surface area contributed by atoms with Gasteiger partial charge in [0.25, 0.3) is 5.56 Å². The largest absolute Gasteiger partial charge is 0.465 e. The van der Waals surface area contributed by atoms with Crippen LogP contribution in [0.1, 0.15) is 27.2 Å². The predicted molar refractivity (Wildman–Crippen MR) is 77.0 cm³/mol. The summed E-state index contributed by atoms with van der Waals surface area (Å²) >= 11 is 0. The highest BCUT2D eigenvalue weighted by atomic mass is 16.5. The zero-order chi connectivity index (χ0) is 15.4. The van der Waals surface area contributed by atoms with Crippen molar-refractivity contribution in [3.63, 3.8) is 0 Å². The molecule has 5 heteroatoms. The van der Waals surface area contributed by atoms with Crippen LogP contribution in [0.4, 0.5) is 0 Å². The van der Waals surface area contributed by atoms with Gasteiger partial charge in [-0.05, 0) is 36.8 Å². The number of ether oxygens (including phenoxy) is 1. The Balaban J connectivity index is 2.42. The molecule has 0 atom stereocenters. The Morgan fingerprint density at radius 1 is 1.33 bits per heavy atom. The summed E-state index contributed by atoms with van der Waals surface area (Å²) in [6, 6.07) is 12.0. The lowest BCUT2D eigenvalue weighted by molar-refractivity contribution is 0.0600. The quantitative estimate of drug-likeness (QED) is 0.806. The van der Waals surface area contributed by atoms with E-state index in [9.17, 15) is 9.59 Å². The van der Waals surface area contributed by atoms with Gasteiger partial charge in [0.05, 0.1) is 19.2 Å². The van der Waals surface area contributed by atoms with Crippen LogP contribution in [0.15, 0.2) is 41.2 Å². The fourth-order valence-electron chi connectivity index (χ4n) is 2.05. The summed E-state index contributed by atoms with van der Waals surface area (Å²) in [4.78, 5) is 23.7. The van der Waals surface area contributed by atoms with Crippen molar-refractivity contribution in [2.24, 2.45) is 0 Å². The van der Waals surface area contributed by atoms with Gasteiger partial charge in [0.15, 0.2) is 0 Å². The molecular formula is C16H14N2O3. The number of hydrogen-bond acceptors (Lipinski definition) is 4. The van der Waals surface area contributed by atoms with Crippen molar-refractivity contribution < 1.29 is 9.53 Å². The second-order valence-electron chi connectivity index (χ2n) is 4.58. The van der Waals surface area contributed by atoms with Crippen molar-refractivity contribution in [1.82, 2.24) is 4.57 Å². The molecule has 2 aromatic rings. The van der Waals surface area contributed by atoms with Crippen LogP contribution in [-0.2, 0) is 11.3 Å². The zero-order valence-corrected chi connectivity index (χ0v) is 11.8. The number of methoxy groups -OCH3 is 1. The van der Waals surface area contributed by atoms with E-state index in [0.717, 1.165) is 11.3 Å². The fraction of sp³-hybridized carbons (Fsp3) is 0.188. The van der Waals surface area contributed by atoms with E-state index in [2.05, 4.69) is 4.74 Å². The molecule has 1 aromatic heterocycles. The lowest BCUT2D eigenvalue weighted by Crippen LogP contribution is -2.25. The predicted octanol–water partition coefficient (Wildman–Crippen LogP) is 1.86. The highest BCUT2D eigenvalue weighted by Gasteiger charge is 2.09. The van der Waals surface area contributed by atoms with E-state index in [1.807, 2.05) is 12.1 Å². The van der Waals surface area contributed by atoms with Gasteiger partial charge in [-0.3, -0.25) is 4.79 Å². The lowest BCUT2D eigenvalue weighted by Gasteiger charge is -2.11. The summed E-state index contributed by atoms with van der Waals surface area (Å²) in [6.07, 6.45) is 0. The topological polar surface area (TPSA) is 72.1 Å². The summed E-state index contributed by atoms with van der Waals surface area (Å²) in [5, 5.41) is 8.92. The van der Waals surface area contributed by atoms with Crippen LogP contribution >= 0.6 is 0 Å². The summed E-state index contributed by atoms with van der Waals surface area (Å²) in [6.45, 7) is 2.09. The summed E-state index contributed by atoms with van der Waals surface area (Å²) < 4.78 is 6.18. The van der Waals surface area contributed by atoms with Crippen molar-refractivity contribution in [3.05, 3.63) is 69.1 Å². The molecule has 0 aliphatic heterocycles. The number of pyridine rings is 1. The minimum absolute atomic E-state index is 0.102. The molecule has 0 saturated heterocycles. The van der Waals surface area contributed by atoms with Gasteiger partial charge in [0, 0.05) is 5.69 Å². The Morgan fingerprint density at radius 2 is 2.10 bits per heavy atom. The Labute approximate surface area is 122 Å². The van der Waals surface area contributed by atoms with Gasteiger partial charge in [-0.2, -0.15) is 5.26 Å². The third-order valence-corrected chi connectivity index (χ3v) is 3.20. The number of aromatic nitrogens is 1. The molecule has 1 aromatic carbocycles. The van der Waals surface area contributed by atoms with E-state index in [0.29, 0.717) is 12.1 Å². The first-order valence-corrected chi connectivity index (χ1v) is 6.34. The van der Waals surface area contributed by atoms with Gasteiger partial charge < -0.3 is 9.30 Å². The Morgan fingerprint density at radius 3 is 2.76 bits per heavy atom. The Bertz CT molecular complexity index is 785. The summed E-state index contributed by atoms with van der Waals surface area (Å²) in [5.74, 6) is -0.424. The summed E-state index contributed by atoms with van der Waals surface area (Å²) in [7, 11) is 1.32. The molecular weight excluding hydrogens is 268 g/mol. The molecule has 0 N–H and O–H groups in total. The molecule has 0 saturated carbocycles. The van der Waals surface area contributed by atoms with Crippen molar-refractivity contribution in [1.29, 1.82) is 5.26 Å². The molecule has 0 unspecified atom stereocenters. The van der Waals surface area contributed by atoms with E-state index in [4.69, 9.17) is 5.26 Å².